The molecule has 0 aliphatic carbocycles. The maximum Gasteiger partial charge on any atom is 0.257 e. The molecule has 0 radical (unpaired) electrons. The van der Waals surface area contributed by atoms with Gasteiger partial charge in [-0.1, -0.05) is 41.6 Å². The largest absolute Gasteiger partial charge is 0.497 e. The van der Waals surface area contributed by atoms with E-state index in [2.05, 4.69) is 10.5 Å². The van der Waals surface area contributed by atoms with Gasteiger partial charge in [-0.2, -0.15) is 0 Å². The molecule has 0 saturated heterocycles. The highest BCUT2D eigenvalue weighted by Crippen LogP contribution is 2.24. The Morgan fingerprint density at radius 2 is 1.88 bits per heavy atom. The molecule has 1 N–H and O–H groups in total. The highest BCUT2D eigenvalue weighted by atomic mass is 16.5. The number of methoxy groups -OCH3 is 1. The Morgan fingerprint density at radius 3 is 2.65 bits per heavy atom. The summed E-state index contributed by atoms with van der Waals surface area (Å²) in [6, 6.07) is 16.8. The van der Waals surface area contributed by atoms with Crippen LogP contribution in [0.3, 0.4) is 0 Å². The lowest BCUT2D eigenvalue weighted by Gasteiger charge is -2.09. The lowest BCUT2D eigenvalue weighted by atomic mass is 10.1. The average Bonchev–Trinajstić information content (AvgIpc) is 3.07. The first-order valence-electron chi connectivity index (χ1n) is 8.26. The fraction of sp³-hybridized carbons (Fsp3) is 0.200. The summed E-state index contributed by atoms with van der Waals surface area (Å²) in [7, 11) is 1.60. The maximum atomic E-state index is 12.5. The van der Waals surface area contributed by atoms with Gasteiger partial charge in [-0.05, 0) is 19.1 Å². The number of rotatable bonds is 7. The predicted octanol–water partition coefficient (Wildman–Crippen LogP) is 3.47. The molecule has 0 bridgehead atoms. The molecule has 134 valence electrons. The Labute approximate surface area is 151 Å². The molecular weight excluding hydrogens is 332 g/mol. The summed E-state index contributed by atoms with van der Waals surface area (Å²) in [5.41, 5.74) is 1.81. The third-order valence-corrected chi connectivity index (χ3v) is 3.83. The van der Waals surface area contributed by atoms with Crippen LogP contribution in [-0.4, -0.2) is 31.3 Å². The summed E-state index contributed by atoms with van der Waals surface area (Å²) in [4.78, 5) is 12.5. The van der Waals surface area contributed by atoms with E-state index in [4.69, 9.17) is 14.0 Å². The molecule has 0 saturated carbocycles. The second kappa shape index (κ2) is 8.20. The van der Waals surface area contributed by atoms with Crippen LogP contribution in [0.15, 0.2) is 59.1 Å². The van der Waals surface area contributed by atoms with E-state index < -0.39 is 0 Å². The highest BCUT2D eigenvalue weighted by Gasteiger charge is 2.21. The molecule has 3 aromatic rings. The van der Waals surface area contributed by atoms with Crippen LogP contribution >= 0.6 is 0 Å². The molecular formula is C20H20N2O4. The van der Waals surface area contributed by atoms with Crippen LogP contribution in [-0.2, 0) is 0 Å². The number of benzene rings is 2. The van der Waals surface area contributed by atoms with Crippen LogP contribution in [0.5, 0.6) is 11.5 Å². The first-order chi connectivity index (χ1) is 12.7. The maximum absolute atomic E-state index is 12.5. The van der Waals surface area contributed by atoms with Gasteiger partial charge in [0.15, 0.2) is 0 Å². The van der Waals surface area contributed by atoms with E-state index in [0.29, 0.717) is 35.9 Å². The summed E-state index contributed by atoms with van der Waals surface area (Å²) in [6.45, 7) is 2.42. The molecule has 0 unspecified atom stereocenters. The van der Waals surface area contributed by atoms with Crippen LogP contribution in [0.4, 0.5) is 0 Å². The van der Waals surface area contributed by atoms with Crippen molar-refractivity contribution in [3.05, 3.63) is 65.9 Å². The molecule has 0 aliphatic rings. The molecule has 3 rings (SSSR count). The van der Waals surface area contributed by atoms with Gasteiger partial charge in [0, 0.05) is 11.6 Å². The minimum atomic E-state index is -0.239. The first kappa shape index (κ1) is 17.5. The number of hydrogen-bond acceptors (Lipinski definition) is 5. The van der Waals surface area contributed by atoms with E-state index >= 15 is 0 Å². The number of carbonyl (C=O) groups is 1. The lowest BCUT2D eigenvalue weighted by Crippen LogP contribution is -2.28. The number of hydrogen-bond donors (Lipinski definition) is 1. The fourth-order valence-electron chi connectivity index (χ4n) is 2.55. The van der Waals surface area contributed by atoms with Crippen molar-refractivity contribution in [1.82, 2.24) is 10.5 Å². The van der Waals surface area contributed by atoms with Crippen molar-refractivity contribution in [2.45, 2.75) is 6.92 Å². The number of aromatic nitrogens is 1. The SMILES string of the molecule is COc1cccc(OCCNC(=O)c2c(-c3ccccc3)noc2C)c1. The molecule has 1 aromatic heterocycles. The number of aryl methyl sites for hydroxylation is 1. The zero-order chi connectivity index (χ0) is 18.4. The third kappa shape index (κ3) is 4.03. The van der Waals surface area contributed by atoms with Crippen molar-refractivity contribution in [1.29, 1.82) is 0 Å². The summed E-state index contributed by atoms with van der Waals surface area (Å²) >= 11 is 0. The van der Waals surface area contributed by atoms with E-state index in [0.717, 1.165) is 11.3 Å². The normalized spacial score (nSPS) is 10.4. The van der Waals surface area contributed by atoms with Crippen molar-refractivity contribution >= 4 is 5.91 Å². The Hall–Kier alpha value is -3.28. The molecule has 6 heteroatoms. The average molecular weight is 352 g/mol. The zero-order valence-corrected chi connectivity index (χ0v) is 14.7. The number of nitrogens with zero attached hydrogens (tertiary/aromatic N) is 1. The quantitative estimate of drug-likeness (QED) is 0.659. The fourth-order valence-corrected chi connectivity index (χ4v) is 2.55. The van der Waals surface area contributed by atoms with Crippen molar-refractivity contribution in [3.63, 3.8) is 0 Å². The van der Waals surface area contributed by atoms with Gasteiger partial charge in [0.25, 0.3) is 5.91 Å². The predicted molar refractivity (Wildman–Crippen MR) is 97.5 cm³/mol. The summed E-state index contributed by atoms with van der Waals surface area (Å²) in [5.74, 6) is 1.65. The van der Waals surface area contributed by atoms with Crippen molar-refractivity contribution in [2.24, 2.45) is 0 Å². The zero-order valence-electron chi connectivity index (χ0n) is 14.7. The Morgan fingerprint density at radius 1 is 1.12 bits per heavy atom. The number of nitrogens with one attached hydrogen (secondary N) is 1. The van der Waals surface area contributed by atoms with E-state index in [9.17, 15) is 4.79 Å². The monoisotopic (exact) mass is 352 g/mol. The van der Waals surface area contributed by atoms with Gasteiger partial charge in [-0.25, -0.2) is 0 Å². The van der Waals surface area contributed by atoms with Gasteiger partial charge in [0.1, 0.15) is 35.1 Å². The van der Waals surface area contributed by atoms with Crippen molar-refractivity contribution in [3.8, 4) is 22.8 Å². The third-order valence-electron chi connectivity index (χ3n) is 3.83. The van der Waals surface area contributed by atoms with Gasteiger partial charge in [0.05, 0.1) is 13.7 Å². The molecule has 26 heavy (non-hydrogen) atoms. The first-order valence-corrected chi connectivity index (χ1v) is 8.26. The van der Waals surface area contributed by atoms with Gasteiger partial charge in [-0.15, -0.1) is 0 Å². The van der Waals surface area contributed by atoms with Crippen molar-refractivity contribution in [2.75, 3.05) is 20.3 Å². The Bertz CT molecular complexity index is 875. The van der Waals surface area contributed by atoms with E-state index in [-0.39, 0.29) is 5.91 Å². The molecule has 0 aliphatic heterocycles. The molecule has 6 nitrogen and oxygen atoms in total. The highest BCUT2D eigenvalue weighted by molar-refractivity contribution is 6.00. The smallest absolute Gasteiger partial charge is 0.257 e. The Balaban J connectivity index is 1.60. The number of carbonyl (C=O) groups excluding carboxylic acids is 1. The molecule has 1 amide bonds. The van der Waals surface area contributed by atoms with Crippen molar-refractivity contribution < 1.29 is 18.8 Å². The van der Waals surface area contributed by atoms with Crippen LogP contribution in [0.25, 0.3) is 11.3 Å². The number of amides is 1. The van der Waals surface area contributed by atoms with Gasteiger partial charge in [0.2, 0.25) is 0 Å². The molecule has 0 spiro atoms. The second-order valence-electron chi connectivity index (χ2n) is 5.61. The molecule has 0 fully saturated rings. The van der Waals surface area contributed by atoms with Crippen LogP contribution in [0, 0.1) is 6.92 Å². The summed E-state index contributed by atoms with van der Waals surface area (Å²) in [6.07, 6.45) is 0. The second-order valence-corrected chi connectivity index (χ2v) is 5.61. The summed E-state index contributed by atoms with van der Waals surface area (Å²) in [5, 5.41) is 6.86. The Kier molecular flexibility index (Phi) is 5.53. The van der Waals surface area contributed by atoms with E-state index in [1.807, 2.05) is 48.5 Å². The minimum Gasteiger partial charge on any atom is -0.497 e. The van der Waals surface area contributed by atoms with E-state index in [1.54, 1.807) is 20.1 Å². The molecule has 0 atom stereocenters. The van der Waals surface area contributed by atoms with Crippen LogP contribution in [0.2, 0.25) is 0 Å². The van der Waals surface area contributed by atoms with Crippen LogP contribution in [0.1, 0.15) is 16.1 Å². The van der Waals surface area contributed by atoms with Crippen LogP contribution < -0.4 is 14.8 Å². The lowest BCUT2D eigenvalue weighted by molar-refractivity contribution is 0.0946. The van der Waals surface area contributed by atoms with Gasteiger partial charge < -0.3 is 19.3 Å². The van der Waals surface area contributed by atoms with Gasteiger partial charge in [-0.3, -0.25) is 4.79 Å². The van der Waals surface area contributed by atoms with Gasteiger partial charge >= 0.3 is 0 Å². The summed E-state index contributed by atoms with van der Waals surface area (Å²) < 4.78 is 16.0. The minimum absolute atomic E-state index is 0.239. The molecule has 1 heterocycles. The molecule has 2 aromatic carbocycles. The topological polar surface area (TPSA) is 73.6 Å². The van der Waals surface area contributed by atoms with E-state index in [1.165, 1.54) is 0 Å². The standard InChI is InChI=1S/C20H20N2O4/c1-14-18(19(22-26-14)15-7-4-3-5-8-15)20(23)21-11-12-25-17-10-6-9-16(13-17)24-2/h3-10,13H,11-12H2,1-2H3,(H,21,23). The number of ether oxygens (including phenoxy) is 2.